The third kappa shape index (κ3) is 7.33. The molecule has 0 bridgehead atoms. The van der Waals surface area contributed by atoms with Gasteiger partial charge >= 0.3 is 0 Å². The minimum Gasteiger partial charge on any atom is -0.302 e. The van der Waals surface area contributed by atoms with Crippen LogP contribution in [-0.4, -0.2) is 18.9 Å². The topological polar surface area (TPSA) is 95.1 Å². The Morgan fingerprint density at radius 2 is 1.90 bits per heavy atom. The van der Waals surface area contributed by atoms with E-state index in [0.717, 1.165) is 38.3 Å². The molecule has 166 valence electrons. The molecular formula is C24H39N5O. The Morgan fingerprint density at radius 3 is 2.57 bits per heavy atom. The van der Waals surface area contributed by atoms with Crippen LogP contribution >= 0.6 is 0 Å². The van der Waals surface area contributed by atoms with Gasteiger partial charge in [0.1, 0.15) is 6.23 Å². The lowest BCUT2D eigenvalue weighted by molar-refractivity contribution is 0.0308. The monoisotopic (exact) mass is 413 g/mol. The number of hydrogen-bond donors (Lipinski definition) is 4. The molecule has 1 aliphatic carbocycles. The van der Waals surface area contributed by atoms with Crippen LogP contribution in [-0.2, 0) is 11.4 Å². The lowest BCUT2D eigenvalue weighted by Gasteiger charge is -2.28. The Balaban J connectivity index is 1.57. The summed E-state index contributed by atoms with van der Waals surface area (Å²) >= 11 is 0. The highest BCUT2D eigenvalue weighted by atomic mass is 16.6. The van der Waals surface area contributed by atoms with E-state index in [1.54, 1.807) is 0 Å². The highest BCUT2D eigenvalue weighted by molar-refractivity contribution is 5.25. The molecule has 1 aliphatic heterocycles. The Morgan fingerprint density at radius 1 is 1.17 bits per heavy atom. The van der Waals surface area contributed by atoms with Crippen molar-refractivity contribution in [3.8, 4) is 6.07 Å². The van der Waals surface area contributed by atoms with Crippen LogP contribution in [0.2, 0.25) is 0 Å². The zero-order chi connectivity index (χ0) is 21.2. The maximum Gasteiger partial charge on any atom is 0.126 e. The largest absolute Gasteiger partial charge is 0.302 e. The fraction of sp³-hybridized carbons (Fsp3) is 0.708. The average molecular weight is 414 g/mol. The zero-order valence-corrected chi connectivity index (χ0v) is 18.4. The summed E-state index contributed by atoms with van der Waals surface area (Å²) in [7, 11) is 0. The van der Waals surface area contributed by atoms with Crippen LogP contribution in [0.3, 0.4) is 0 Å². The SMILES string of the molecule is CC(NC(CC1CCCCCC1)c1ccc(CNC2CC(C#N)CCN2)cc1)ON. The van der Waals surface area contributed by atoms with Crippen LogP contribution in [0, 0.1) is 23.2 Å². The van der Waals surface area contributed by atoms with E-state index >= 15 is 0 Å². The van der Waals surface area contributed by atoms with Crippen molar-refractivity contribution in [3.05, 3.63) is 35.4 Å². The van der Waals surface area contributed by atoms with Gasteiger partial charge in [-0.1, -0.05) is 62.8 Å². The van der Waals surface area contributed by atoms with Gasteiger partial charge in [0.05, 0.1) is 18.2 Å². The second-order valence-electron chi connectivity index (χ2n) is 9.07. The van der Waals surface area contributed by atoms with Crippen molar-refractivity contribution in [1.29, 1.82) is 5.26 Å². The van der Waals surface area contributed by atoms with Crippen LogP contribution in [0.1, 0.15) is 81.9 Å². The summed E-state index contributed by atoms with van der Waals surface area (Å²) in [6, 6.07) is 11.6. The van der Waals surface area contributed by atoms with Gasteiger partial charge in [0, 0.05) is 12.6 Å². The normalized spacial score (nSPS) is 25.2. The Bertz CT molecular complexity index is 651. The van der Waals surface area contributed by atoms with Crippen LogP contribution in [0.4, 0.5) is 0 Å². The van der Waals surface area contributed by atoms with E-state index < -0.39 is 0 Å². The van der Waals surface area contributed by atoms with Gasteiger partial charge in [-0.3, -0.25) is 15.5 Å². The summed E-state index contributed by atoms with van der Waals surface area (Å²) in [6.07, 6.45) is 11.1. The van der Waals surface area contributed by atoms with Gasteiger partial charge in [-0.2, -0.15) is 5.26 Å². The molecule has 2 aliphatic rings. The predicted molar refractivity (Wildman–Crippen MR) is 120 cm³/mol. The van der Waals surface area contributed by atoms with Crippen LogP contribution in [0.15, 0.2) is 24.3 Å². The number of benzene rings is 1. The van der Waals surface area contributed by atoms with Gasteiger partial charge in [-0.25, -0.2) is 5.90 Å². The predicted octanol–water partition coefficient (Wildman–Crippen LogP) is 3.85. The number of piperidine rings is 1. The summed E-state index contributed by atoms with van der Waals surface area (Å²) in [5, 5.41) is 19.7. The van der Waals surface area contributed by atoms with Crippen molar-refractivity contribution in [1.82, 2.24) is 16.0 Å². The summed E-state index contributed by atoms with van der Waals surface area (Å²) in [6.45, 7) is 3.67. The molecule has 2 fully saturated rings. The molecule has 0 aromatic heterocycles. The maximum atomic E-state index is 9.16. The van der Waals surface area contributed by atoms with E-state index in [0.29, 0.717) is 0 Å². The van der Waals surface area contributed by atoms with Crippen LogP contribution in [0.5, 0.6) is 0 Å². The van der Waals surface area contributed by atoms with Crippen molar-refractivity contribution in [3.63, 3.8) is 0 Å². The van der Waals surface area contributed by atoms with E-state index in [9.17, 15) is 0 Å². The van der Waals surface area contributed by atoms with Crippen molar-refractivity contribution in [2.45, 2.75) is 89.7 Å². The molecule has 1 aromatic carbocycles. The highest BCUT2D eigenvalue weighted by Crippen LogP contribution is 2.31. The van der Waals surface area contributed by atoms with Gasteiger partial charge in [0.15, 0.2) is 0 Å². The van der Waals surface area contributed by atoms with Gasteiger partial charge < -0.3 is 5.32 Å². The number of nitrogens with zero attached hydrogens (tertiary/aromatic N) is 1. The second-order valence-corrected chi connectivity index (χ2v) is 9.07. The first-order valence-electron chi connectivity index (χ1n) is 11.7. The van der Waals surface area contributed by atoms with Crippen molar-refractivity contribution >= 4 is 0 Å². The second kappa shape index (κ2) is 12.4. The number of rotatable bonds is 9. The van der Waals surface area contributed by atoms with Gasteiger partial charge in [-0.05, 0) is 49.8 Å². The molecule has 5 N–H and O–H groups in total. The number of nitrogens with one attached hydrogen (secondary N) is 3. The molecule has 4 atom stereocenters. The molecule has 4 unspecified atom stereocenters. The Labute approximate surface area is 181 Å². The molecule has 1 saturated carbocycles. The molecular weight excluding hydrogens is 374 g/mol. The van der Waals surface area contributed by atoms with E-state index in [4.69, 9.17) is 16.0 Å². The number of hydrogen-bond acceptors (Lipinski definition) is 6. The van der Waals surface area contributed by atoms with Gasteiger partial charge in [-0.15, -0.1) is 0 Å². The fourth-order valence-corrected chi connectivity index (χ4v) is 4.86. The lowest BCUT2D eigenvalue weighted by Crippen LogP contribution is -2.47. The molecule has 1 heterocycles. The Hall–Kier alpha value is -1.49. The van der Waals surface area contributed by atoms with E-state index in [1.807, 2.05) is 6.92 Å². The number of nitrogens with two attached hydrogens (primary N) is 1. The first-order valence-corrected chi connectivity index (χ1v) is 11.7. The Kier molecular flexibility index (Phi) is 9.57. The molecule has 6 nitrogen and oxygen atoms in total. The zero-order valence-electron chi connectivity index (χ0n) is 18.4. The van der Waals surface area contributed by atoms with E-state index in [1.165, 1.54) is 49.7 Å². The first-order chi connectivity index (χ1) is 14.7. The van der Waals surface area contributed by atoms with E-state index in [2.05, 4.69) is 46.3 Å². The third-order valence-corrected chi connectivity index (χ3v) is 6.70. The average Bonchev–Trinajstić information content (AvgIpc) is 3.06. The first kappa shape index (κ1) is 23.2. The summed E-state index contributed by atoms with van der Waals surface area (Å²) in [5.74, 6) is 6.34. The molecule has 30 heavy (non-hydrogen) atoms. The van der Waals surface area contributed by atoms with Crippen LogP contribution < -0.4 is 21.8 Å². The van der Waals surface area contributed by atoms with Crippen molar-refractivity contribution in [2.24, 2.45) is 17.7 Å². The van der Waals surface area contributed by atoms with Gasteiger partial charge in [0.25, 0.3) is 0 Å². The number of nitriles is 1. The van der Waals surface area contributed by atoms with Crippen molar-refractivity contribution < 1.29 is 4.84 Å². The molecule has 0 radical (unpaired) electrons. The summed E-state index contributed by atoms with van der Waals surface area (Å²) in [5.41, 5.74) is 2.56. The van der Waals surface area contributed by atoms with E-state index in [-0.39, 0.29) is 24.4 Å². The quantitative estimate of drug-likeness (QED) is 0.279. The molecule has 1 saturated heterocycles. The summed E-state index contributed by atoms with van der Waals surface area (Å²) in [4.78, 5) is 5.01. The maximum absolute atomic E-state index is 9.16. The minimum atomic E-state index is -0.174. The standard InChI is InChI=1S/C24H39N5O/c1-18(30-26)29-23(14-19-6-4-2-3-5-7-19)22-10-8-20(9-11-22)17-28-24-15-21(16-25)12-13-27-24/h8-11,18-19,21,23-24,27-29H,2-7,12-15,17,26H2,1H3. The molecule has 6 heteroatoms. The fourth-order valence-electron chi connectivity index (χ4n) is 4.86. The van der Waals surface area contributed by atoms with Crippen LogP contribution in [0.25, 0.3) is 0 Å². The summed E-state index contributed by atoms with van der Waals surface area (Å²) < 4.78 is 0. The third-order valence-electron chi connectivity index (χ3n) is 6.70. The van der Waals surface area contributed by atoms with Crippen molar-refractivity contribution in [2.75, 3.05) is 6.54 Å². The highest BCUT2D eigenvalue weighted by Gasteiger charge is 2.22. The van der Waals surface area contributed by atoms with Gasteiger partial charge in [0.2, 0.25) is 0 Å². The lowest BCUT2D eigenvalue weighted by atomic mass is 9.89. The molecule has 0 amide bonds. The molecule has 0 spiro atoms. The smallest absolute Gasteiger partial charge is 0.126 e. The minimum absolute atomic E-state index is 0.161. The molecule has 1 aromatic rings. The molecule has 3 rings (SSSR count).